The lowest BCUT2D eigenvalue weighted by molar-refractivity contribution is -0.143. The molecule has 1 unspecified atom stereocenters. The molecule has 0 aliphatic heterocycles. The summed E-state index contributed by atoms with van der Waals surface area (Å²) in [6, 6.07) is 15.4. The van der Waals surface area contributed by atoms with Crippen LogP contribution < -0.4 is 4.74 Å². The van der Waals surface area contributed by atoms with E-state index in [0.29, 0.717) is 24.5 Å². The molecule has 0 radical (unpaired) electrons. The summed E-state index contributed by atoms with van der Waals surface area (Å²) in [5.41, 5.74) is 1.43. The Balaban J connectivity index is 1.96. The normalized spacial score (nSPS) is 12.8. The third kappa shape index (κ3) is 6.88. The van der Waals surface area contributed by atoms with Crippen LogP contribution >= 0.6 is 0 Å². The first-order chi connectivity index (χ1) is 14.4. The van der Waals surface area contributed by atoms with Crippen molar-refractivity contribution in [3.8, 4) is 5.75 Å². The fraction of sp³-hybridized carbons (Fsp3) is 0.364. The van der Waals surface area contributed by atoms with Crippen LogP contribution in [0.5, 0.6) is 5.75 Å². The molecule has 162 valence electrons. The molecule has 2 aromatic carbocycles. The fourth-order valence-electron chi connectivity index (χ4n) is 2.75. The zero-order chi connectivity index (χ0) is 22.0. The first kappa shape index (κ1) is 23.4. The van der Waals surface area contributed by atoms with Gasteiger partial charge in [-0.25, -0.2) is 8.42 Å². The van der Waals surface area contributed by atoms with E-state index in [4.69, 9.17) is 14.3 Å². The quantitative estimate of drug-likeness (QED) is 0.307. The molecule has 7 nitrogen and oxygen atoms in total. The van der Waals surface area contributed by atoms with Crippen LogP contribution in [0.2, 0.25) is 0 Å². The van der Waals surface area contributed by atoms with Crippen molar-refractivity contribution < 1.29 is 27.5 Å². The van der Waals surface area contributed by atoms with Gasteiger partial charge in [0.1, 0.15) is 24.9 Å². The summed E-state index contributed by atoms with van der Waals surface area (Å²) in [5.74, 6) is -0.501. The van der Waals surface area contributed by atoms with Crippen molar-refractivity contribution in [2.24, 2.45) is 11.1 Å². The maximum Gasteiger partial charge on any atom is 0.314 e. The molecule has 0 heterocycles. The van der Waals surface area contributed by atoms with Gasteiger partial charge in [0.05, 0.1) is 23.5 Å². The van der Waals surface area contributed by atoms with E-state index in [-0.39, 0.29) is 23.2 Å². The molecule has 30 heavy (non-hydrogen) atoms. The van der Waals surface area contributed by atoms with E-state index in [1.807, 2.05) is 19.1 Å². The van der Waals surface area contributed by atoms with Gasteiger partial charge in [0.25, 0.3) is 0 Å². The second kappa shape index (κ2) is 11.3. The number of benzene rings is 2. The highest BCUT2D eigenvalue weighted by molar-refractivity contribution is 7.91. The molecule has 1 atom stereocenters. The van der Waals surface area contributed by atoms with Crippen molar-refractivity contribution in [1.82, 2.24) is 0 Å². The second-order valence-electron chi connectivity index (χ2n) is 6.55. The van der Waals surface area contributed by atoms with Gasteiger partial charge in [-0.15, -0.1) is 0 Å². The number of oxime groups is 1. The van der Waals surface area contributed by atoms with Gasteiger partial charge in [-0.3, -0.25) is 4.79 Å². The Hall–Kier alpha value is -2.87. The highest BCUT2D eigenvalue weighted by atomic mass is 32.2. The number of methoxy groups -OCH3 is 1. The Labute approximate surface area is 177 Å². The number of sulfone groups is 1. The van der Waals surface area contributed by atoms with E-state index < -0.39 is 15.8 Å². The number of esters is 1. The minimum Gasteiger partial charge on any atom is -0.493 e. The van der Waals surface area contributed by atoms with Gasteiger partial charge >= 0.3 is 5.97 Å². The summed E-state index contributed by atoms with van der Waals surface area (Å²) in [6.07, 6.45) is 0.401. The van der Waals surface area contributed by atoms with Crippen LogP contribution in [-0.4, -0.2) is 46.2 Å². The van der Waals surface area contributed by atoms with E-state index in [1.54, 1.807) is 49.4 Å². The van der Waals surface area contributed by atoms with Crippen LogP contribution in [0, 0.1) is 5.92 Å². The summed E-state index contributed by atoms with van der Waals surface area (Å²) in [7, 11) is -2.05. The molecule has 0 saturated heterocycles. The number of hydrogen-bond acceptors (Lipinski definition) is 7. The SMILES string of the molecule is CCO/N=C(\C)C(Cc1ccc(OCCS(=O)(=O)c2ccccc2)cc1)C(=O)OC. The van der Waals surface area contributed by atoms with Crippen LogP contribution in [0.15, 0.2) is 64.6 Å². The summed E-state index contributed by atoms with van der Waals surface area (Å²) in [5, 5.41) is 3.95. The summed E-state index contributed by atoms with van der Waals surface area (Å²) in [4.78, 5) is 17.4. The zero-order valence-electron chi connectivity index (χ0n) is 17.4. The third-order valence-electron chi connectivity index (χ3n) is 4.41. The van der Waals surface area contributed by atoms with Gasteiger partial charge in [0.2, 0.25) is 0 Å². The molecule has 0 bridgehead atoms. The lowest BCUT2D eigenvalue weighted by Crippen LogP contribution is -2.26. The summed E-state index contributed by atoms with van der Waals surface area (Å²) < 4.78 is 35.0. The van der Waals surface area contributed by atoms with E-state index >= 15 is 0 Å². The first-order valence-corrected chi connectivity index (χ1v) is 11.3. The molecule has 0 amide bonds. The number of hydrogen-bond donors (Lipinski definition) is 0. The average molecular weight is 434 g/mol. The number of nitrogens with zero attached hydrogens (tertiary/aromatic N) is 1. The molecular weight excluding hydrogens is 406 g/mol. The highest BCUT2D eigenvalue weighted by Crippen LogP contribution is 2.18. The minimum atomic E-state index is -3.39. The Bertz CT molecular complexity index is 939. The highest BCUT2D eigenvalue weighted by Gasteiger charge is 2.23. The van der Waals surface area contributed by atoms with Gasteiger partial charge in [0, 0.05) is 0 Å². The largest absolute Gasteiger partial charge is 0.493 e. The van der Waals surface area contributed by atoms with Crippen molar-refractivity contribution in [2.75, 3.05) is 26.1 Å². The molecular formula is C22H27NO6S. The minimum absolute atomic E-state index is 0.0431. The number of rotatable bonds is 11. The topological polar surface area (TPSA) is 91.3 Å². The van der Waals surface area contributed by atoms with Crippen molar-refractivity contribution in [3.63, 3.8) is 0 Å². The van der Waals surface area contributed by atoms with Crippen LogP contribution in [-0.2, 0) is 30.6 Å². The molecule has 8 heteroatoms. The molecule has 0 aromatic heterocycles. The fourth-order valence-corrected chi connectivity index (χ4v) is 3.86. The zero-order valence-corrected chi connectivity index (χ0v) is 18.2. The van der Waals surface area contributed by atoms with Crippen molar-refractivity contribution in [1.29, 1.82) is 0 Å². The average Bonchev–Trinajstić information content (AvgIpc) is 2.76. The van der Waals surface area contributed by atoms with Crippen molar-refractivity contribution in [3.05, 3.63) is 60.2 Å². The lowest BCUT2D eigenvalue weighted by atomic mass is 9.95. The molecule has 0 fully saturated rings. The standard InChI is InChI=1S/C22H27NO6S/c1-4-29-23-17(2)21(22(24)27-3)16-18-10-12-19(13-11-18)28-14-15-30(25,26)20-8-6-5-7-9-20/h5-13,21H,4,14-16H2,1-3H3/b23-17+. The van der Waals surface area contributed by atoms with Gasteiger partial charge in [-0.05, 0) is 50.1 Å². The second-order valence-corrected chi connectivity index (χ2v) is 8.66. The molecule has 2 aromatic rings. The van der Waals surface area contributed by atoms with E-state index in [1.165, 1.54) is 7.11 Å². The van der Waals surface area contributed by atoms with Gasteiger partial charge in [-0.1, -0.05) is 35.5 Å². The summed E-state index contributed by atoms with van der Waals surface area (Å²) in [6.45, 7) is 3.99. The van der Waals surface area contributed by atoms with Gasteiger partial charge in [-0.2, -0.15) is 0 Å². The molecule has 0 N–H and O–H groups in total. The first-order valence-electron chi connectivity index (χ1n) is 9.61. The number of carbonyl (C=O) groups is 1. The van der Waals surface area contributed by atoms with Crippen molar-refractivity contribution >= 4 is 21.5 Å². The van der Waals surface area contributed by atoms with Crippen LogP contribution in [0.1, 0.15) is 19.4 Å². The molecule has 2 rings (SSSR count). The Morgan fingerprint density at radius 3 is 2.33 bits per heavy atom. The van der Waals surface area contributed by atoms with Crippen LogP contribution in [0.25, 0.3) is 0 Å². The molecule has 0 spiro atoms. The van der Waals surface area contributed by atoms with E-state index in [0.717, 1.165) is 5.56 Å². The van der Waals surface area contributed by atoms with Gasteiger partial charge < -0.3 is 14.3 Å². The van der Waals surface area contributed by atoms with Crippen LogP contribution in [0.3, 0.4) is 0 Å². The molecule has 0 aliphatic rings. The smallest absolute Gasteiger partial charge is 0.314 e. The van der Waals surface area contributed by atoms with Gasteiger partial charge in [0.15, 0.2) is 9.84 Å². The summed E-state index contributed by atoms with van der Waals surface area (Å²) >= 11 is 0. The van der Waals surface area contributed by atoms with E-state index in [9.17, 15) is 13.2 Å². The Morgan fingerprint density at radius 1 is 1.07 bits per heavy atom. The monoisotopic (exact) mass is 433 g/mol. The maximum absolute atomic E-state index is 12.3. The Morgan fingerprint density at radius 2 is 1.73 bits per heavy atom. The number of ether oxygens (including phenoxy) is 2. The van der Waals surface area contributed by atoms with E-state index in [2.05, 4.69) is 5.16 Å². The predicted octanol–water partition coefficient (Wildman–Crippen LogP) is 3.28. The van der Waals surface area contributed by atoms with Crippen LogP contribution in [0.4, 0.5) is 0 Å². The Kier molecular flexibility index (Phi) is 8.86. The number of carbonyl (C=O) groups excluding carboxylic acids is 1. The predicted molar refractivity (Wildman–Crippen MR) is 114 cm³/mol. The molecule has 0 aliphatic carbocycles. The lowest BCUT2D eigenvalue weighted by Gasteiger charge is -2.14. The maximum atomic E-state index is 12.3. The third-order valence-corrected chi connectivity index (χ3v) is 6.11. The van der Waals surface area contributed by atoms with Crippen molar-refractivity contribution in [2.45, 2.75) is 25.2 Å². The molecule has 0 saturated carbocycles.